The number of hydrogen-bond donors (Lipinski definition) is 6. The van der Waals surface area contributed by atoms with E-state index < -0.39 is 68.0 Å². The highest BCUT2D eigenvalue weighted by Crippen LogP contribution is 2.32. The molecule has 0 saturated carbocycles. The van der Waals surface area contributed by atoms with Gasteiger partial charge in [-0.3, -0.25) is 0 Å². The second-order valence-corrected chi connectivity index (χ2v) is 5.66. The van der Waals surface area contributed by atoms with Crippen LogP contribution in [-0.4, -0.2) is 105 Å². The van der Waals surface area contributed by atoms with Crippen LogP contribution < -0.4 is 0 Å². The number of fused-ring (bicyclic) bond motifs is 2. The van der Waals surface area contributed by atoms with E-state index in [2.05, 4.69) is 0 Å². The predicted molar refractivity (Wildman–Crippen MR) is 65.3 cm³/mol. The smallest absolute Gasteiger partial charge is 0.187 e. The van der Waals surface area contributed by atoms with E-state index in [0.717, 1.165) is 0 Å². The van der Waals surface area contributed by atoms with Crippen LogP contribution in [0.5, 0.6) is 0 Å². The van der Waals surface area contributed by atoms with Gasteiger partial charge in [0.15, 0.2) is 12.6 Å². The molecule has 0 aromatic heterocycles. The Labute approximate surface area is 125 Å². The van der Waals surface area contributed by atoms with Crippen molar-refractivity contribution in [2.24, 2.45) is 0 Å². The molecule has 3 saturated heterocycles. The van der Waals surface area contributed by atoms with Crippen molar-refractivity contribution < 1.29 is 49.6 Å². The Morgan fingerprint density at radius 2 is 1.59 bits per heavy atom. The number of ether oxygens (including phenoxy) is 4. The zero-order valence-corrected chi connectivity index (χ0v) is 11.5. The molecule has 3 aliphatic heterocycles. The van der Waals surface area contributed by atoms with Gasteiger partial charge in [0, 0.05) is 0 Å². The highest BCUT2D eigenvalue weighted by atomic mass is 16.8. The Balaban J connectivity index is 1.71. The third-order valence-corrected chi connectivity index (χ3v) is 4.21. The van der Waals surface area contributed by atoms with Crippen molar-refractivity contribution in [2.45, 2.75) is 61.4 Å². The van der Waals surface area contributed by atoms with Crippen LogP contribution in [0, 0.1) is 0 Å². The Hall–Kier alpha value is -0.400. The molecular formula is C12H20O10. The molecule has 0 aromatic carbocycles. The quantitative estimate of drug-likeness (QED) is 0.299. The molecule has 128 valence electrons. The molecular weight excluding hydrogens is 304 g/mol. The van der Waals surface area contributed by atoms with E-state index in [1.807, 2.05) is 0 Å². The summed E-state index contributed by atoms with van der Waals surface area (Å²) in [4.78, 5) is 0. The summed E-state index contributed by atoms with van der Waals surface area (Å²) in [7, 11) is 0. The van der Waals surface area contributed by atoms with Crippen molar-refractivity contribution in [1.29, 1.82) is 0 Å². The number of aliphatic hydroxyl groups excluding tert-OH is 6. The Kier molecular flexibility index (Phi) is 4.67. The molecule has 0 unspecified atom stereocenters. The summed E-state index contributed by atoms with van der Waals surface area (Å²) >= 11 is 0. The first-order valence-corrected chi connectivity index (χ1v) is 7.03. The van der Waals surface area contributed by atoms with Gasteiger partial charge < -0.3 is 49.6 Å². The number of rotatable bonds is 3. The van der Waals surface area contributed by atoms with Crippen molar-refractivity contribution in [1.82, 2.24) is 0 Å². The molecule has 3 aliphatic rings. The van der Waals surface area contributed by atoms with Crippen molar-refractivity contribution >= 4 is 0 Å². The molecule has 10 nitrogen and oxygen atoms in total. The topological polar surface area (TPSA) is 158 Å². The maximum atomic E-state index is 10.0. The largest absolute Gasteiger partial charge is 0.394 e. The zero-order valence-electron chi connectivity index (χ0n) is 11.5. The van der Waals surface area contributed by atoms with Gasteiger partial charge in [-0.25, -0.2) is 0 Å². The molecule has 0 aromatic rings. The summed E-state index contributed by atoms with van der Waals surface area (Å²) in [6.07, 6.45) is -12.6. The van der Waals surface area contributed by atoms with Crippen LogP contribution in [0.25, 0.3) is 0 Å². The van der Waals surface area contributed by atoms with Crippen molar-refractivity contribution in [3.8, 4) is 0 Å². The fourth-order valence-electron chi connectivity index (χ4n) is 2.85. The molecule has 3 fully saturated rings. The lowest BCUT2D eigenvalue weighted by Gasteiger charge is -2.43. The lowest BCUT2D eigenvalue weighted by atomic mass is 9.98. The summed E-state index contributed by atoms with van der Waals surface area (Å²) in [6.45, 7) is -0.503. The Morgan fingerprint density at radius 1 is 0.864 bits per heavy atom. The van der Waals surface area contributed by atoms with E-state index in [4.69, 9.17) is 24.1 Å². The first kappa shape index (κ1) is 16.5. The average molecular weight is 324 g/mol. The van der Waals surface area contributed by atoms with Gasteiger partial charge in [-0.2, -0.15) is 0 Å². The van der Waals surface area contributed by atoms with Gasteiger partial charge >= 0.3 is 0 Å². The predicted octanol–water partition coefficient (Wildman–Crippen LogP) is -4.35. The molecule has 0 spiro atoms. The van der Waals surface area contributed by atoms with E-state index in [1.165, 1.54) is 0 Å². The number of hydrogen-bond acceptors (Lipinski definition) is 10. The fraction of sp³-hybridized carbons (Fsp3) is 1.00. The van der Waals surface area contributed by atoms with Gasteiger partial charge in [-0.05, 0) is 0 Å². The molecule has 2 bridgehead atoms. The monoisotopic (exact) mass is 324 g/mol. The fourth-order valence-corrected chi connectivity index (χ4v) is 2.85. The molecule has 0 aliphatic carbocycles. The SMILES string of the molecule is OC[C@H]1O[C@H](O[C@H]2[C@H]3OC[C@@H](O3)[C@@H](O)[C@@H]2O)[C@H](O)[C@@H](O)[C@@H]1O. The minimum Gasteiger partial charge on any atom is -0.394 e. The second-order valence-electron chi connectivity index (χ2n) is 5.66. The summed E-state index contributed by atoms with van der Waals surface area (Å²) in [5, 5.41) is 58.3. The Morgan fingerprint density at radius 3 is 2.27 bits per heavy atom. The Bertz CT molecular complexity index is 392. The molecule has 6 N–H and O–H groups in total. The molecule has 22 heavy (non-hydrogen) atoms. The second kappa shape index (κ2) is 6.24. The van der Waals surface area contributed by atoms with E-state index in [9.17, 15) is 25.5 Å². The van der Waals surface area contributed by atoms with Crippen molar-refractivity contribution in [3.63, 3.8) is 0 Å². The van der Waals surface area contributed by atoms with Gasteiger partial charge in [0.25, 0.3) is 0 Å². The van der Waals surface area contributed by atoms with Crippen LogP contribution in [0.4, 0.5) is 0 Å². The van der Waals surface area contributed by atoms with E-state index >= 15 is 0 Å². The maximum absolute atomic E-state index is 10.0. The first-order chi connectivity index (χ1) is 10.4. The summed E-state index contributed by atoms with van der Waals surface area (Å²) in [5.41, 5.74) is 0. The average Bonchev–Trinajstić information content (AvgIpc) is 2.96. The third-order valence-electron chi connectivity index (χ3n) is 4.21. The zero-order chi connectivity index (χ0) is 16.0. The molecule has 0 amide bonds. The highest BCUT2D eigenvalue weighted by molar-refractivity contribution is 4.95. The lowest BCUT2D eigenvalue weighted by molar-refractivity contribution is -0.345. The van der Waals surface area contributed by atoms with Crippen LogP contribution in [0.2, 0.25) is 0 Å². The van der Waals surface area contributed by atoms with Crippen LogP contribution in [0.1, 0.15) is 0 Å². The van der Waals surface area contributed by atoms with Crippen LogP contribution in [0.3, 0.4) is 0 Å². The van der Waals surface area contributed by atoms with Gasteiger partial charge in [-0.15, -0.1) is 0 Å². The van der Waals surface area contributed by atoms with Crippen molar-refractivity contribution in [3.05, 3.63) is 0 Å². The highest BCUT2D eigenvalue weighted by Gasteiger charge is 2.53. The normalized spacial score (nSPS) is 55.4. The van der Waals surface area contributed by atoms with Crippen LogP contribution in [-0.2, 0) is 18.9 Å². The summed E-state index contributed by atoms with van der Waals surface area (Å²) < 4.78 is 21.1. The van der Waals surface area contributed by atoms with Gasteiger partial charge in [0.2, 0.25) is 0 Å². The van der Waals surface area contributed by atoms with Gasteiger partial charge in [-0.1, -0.05) is 0 Å². The molecule has 3 rings (SSSR count). The van der Waals surface area contributed by atoms with E-state index in [1.54, 1.807) is 0 Å². The maximum Gasteiger partial charge on any atom is 0.187 e. The van der Waals surface area contributed by atoms with Crippen LogP contribution >= 0.6 is 0 Å². The third kappa shape index (κ3) is 2.65. The molecule has 3 heterocycles. The van der Waals surface area contributed by atoms with Crippen molar-refractivity contribution in [2.75, 3.05) is 13.2 Å². The van der Waals surface area contributed by atoms with Gasteiger partial charge in [0.05, 0.1) is 13.2 Å². The lowest BCUT2D eigenvalue weighted by Crippen LogP contribution is -2.62. The van der Waals surface area contributed by atoms with E-state index in [0.29, 0.717) is 0 Å². The number of aliphatic hydroxyl groups is 6. The minimum absolute atomic E-state index is 0.0947. The standard InChI is InChI=1S/C12H20O10/c13-1-3-5(14)7(16)9(18)11(20-3)22-10-8(17)6(15)4-2-19-12(10)21-4/h3-18H,1-2H2/t3-,4-,5-,6-,7+,8+,9-,10-,11-,12+/m1/s1. The summed E-state index contributed by atoms with van der Waals surface area (Å²) in [5.74, 6) is 0. The first-order valence-electron chi connectivity index (χ1n) is 7.03. The van der Waals surface area contributed by atoms with E-state index in [-0.39, 0.29) is 6.61 Å². The van der Waals surface area contributed by atoms with Crippen LogP contribution in [0.15, 0.2) is 0 Å². The molecule has 0 radical (unpaired) electrons. The van der Waals surface area contributed by atoms with Gasteiger partial charge in [0.1, 0.15) is 48.8 Å². The molecule has 10 heteroatoms. The summed E-state index contributed by atoms with van der Waals surface area (Å²) in [6, 6.07) is 0. The molecule has 10 atom stereocenters. The minimum atomic E-state index is -1.61.